The van der Waals surface area contributed by atoms with Gasteiger partial charge in [-0.05, 0) is 28.2 Å². The molecule has 0 radical (unpaired) electrons. The van der Waals surface area contributed by atoms with Crippen LogP contribution >= 0.6 is 11.3 Å². The summed E-state index contributed by atoms with van der Waals surface area (Å²) in [6.45, 7) is 1.97. The van der Waals surface area contributed by atoms with Gasteiger partial charge in [0.1, 0.15) is 0 Å². The zero-order valence-corrected chi connectivity index (χ0v) is 13.5. The van der Waals surface area contributed by atoms with Gasteiger partial charge in [0.15, 0.2) is 5.69 Å². The Morgan fingerprint density at radius 3 is 3.08 bits per heavy atom. The quantitative estimate of drug-likeness (QED) is 0.502. The highest BCUT2D eigenvalue weighted by Gasteiger charge is 2.23. The van der Waals surface area contributed by atoms with E-state index >= 15 is 0 Å². The van der Waals surface area contributed by atoms with Gasteiger partial charge in [-0.3, -0.25) is 4.79 Å². The summed E-state index contributed by atoms with van der Waals surface area (Å²) < 4.78 is 5.93. The van der Waals surface area contributed by atoms with Crippen LogP contribution in [-0.4, -0.2) is 37.4 Å². The van der Waals surface area contributed by atoms with Crippen molar-refractivity contribution in [3.05, 3.63) is 33.8 Å². The number of carbonyl (C=O) groups is 1. The molecule has 3 rings (SSSR count). The molecule has 11 heteroatoms. The number of anilines is 1. The van der Waals surface area contributed by atoms with Crippen molar-refractivity contribution in [3.8, 4) is 5.82 Å². The van der Waals surface area contributed by atoms with Crippen molar-refractivity contribution in [3.63, 3.8) is 0 Å². The van der Waals surface area contributed by atoms with Gasteiger partial charge in [-0.25, -0.2) is 10.1 Å². The molecule has 10 nitrogen and oxygen atoms in total. The van der Waals surface area contributed by atoms with Crippen molar-refractivity contribution in [1.29, 1.82) is 0 Å². The Kier molecular flexibility index (Phi) is 4.61. The Balaban J connectivity index is 1.83. The molecule has 3 N–H and O–H groups in total. The molecule has 24 heavy (non-hydrogen) atoms. The van der Waals surface area contributed by atoms with E-state index in [1.54, 1.807) is 6.21 Å². The molecule has 0 saturated carbocycles. The van der Waals surface area contributed by atoms with Crippen molar-refractivity contribution >= 4 is 29.3 Å². The summed E-state index contributed by atoms with van der Waals surface area (Å²) in [6, 6.07) is 3.79. The van der Waals surface area contributed by atoms with Crippen LogP contribution in [0.15, 0.2) is 27.2 Å². The van der Waals surface area contributed by atoms with Crippen molar-refractivity contribution in [2.75, 3.05) is 5.73 Å². The Hall–Kier alpha value is -3.08. The summed E-state index contributed by atoms with van der Waals surface area (Å²) >= 11 is 1.51. The van der Waals surface area contributed by atoms with Gasteiger partial charge in [0.25, 0.3) is 5.91 Å². The highest BCUT2D eigenvalue weighted by molar-refractivity contribution is 7.11. The van der Waals surface area contributed by atoms with Gasteiger partial charge < -0.3 is 5.73 Å². The number of thiophene rings is 1. The number of hydrazone groups is 1. The van der Waals surface area contributed by atoms with Crippen molar-refractivity contribution in [2.45, 2.75) is 19.8 Å². The van der Waals surface area contributed by atoms with E-state index in [1.165, 1.54) is 16.0 Å². The summed E-state index contributed by atoms with van der Waals surface area (Å²) in [5.74, 6) is -0.195. The van der Waals surface area contributed by atoms with Crippen LogP contribution in [0, 0.1) is 0 Å². The number of amides is 1. The number of nitrogen functional groups attached to an aromatic ring is 1. The number of carbonyl (C=O) groups excluding carboxylic acids is 1. The van der Waals surface area contributed by atoms with E-state index in [4.69, 9.17) is 5.73 Å². The third kappa shape index (κ3) is 3.15. The van der Waals surface area contributed by atoms with Crippen LogP contribution in [0.1, 0.15) is 34.4 Å². The molecule has 0 aliphatic rings. The van der Waals surface area contributed by atoms with Crippen LogP contribution in [0.5, 0.6) is 0 Å². The fraction of sp³-hybridized carbons (Fsp3) is 0.231. The maximum absolute atomic E-state index is 12.3. The maximum atomic E-state index is 12.3. The molecule has 3 aromatic heterocycles. The Labute approximate surface area is 140 Å². The predicted octanol–water partition coefficient (Wildman–Crippen LogP) is 1.01. The number of nitrogens with two attached hydrogens (primary N) is 1. The topological polar surface area (TPSA) is 137 Å². The van der Waals surface area contributed by atoms with Crippen LogP contribution in [0.4, 0.5) is 5.82 Å². The van der Waals surface area contributed by atoms with Gasteiger partial charge in [-0.1, -0.05) is 24.6 Å². The SMILES string of the molecule is CCCc1c(C(=O)NN=Cc2cccs2)nnn1-c1nonc1N. The maximum Gasteiger partial charge on any atom is 0.293 e. The lowest BCUT2D eigenvalue weighted by Crippen LogP contribution is -2.20. The Bertz CT molecular complexity index is 851. The zero-order chi connectivity index (χ0) is 16.9. The fourth-order valence-corrected chi connectivity index (χ4v) is 2.60. The molecular weight excluding hydrogens is 332 g/mol. The number of hydrogen-bond donors (Lipinski definition) is 2. The molecule has 0 aromatic carbocycles. The molecule has 3 heterocycles. The van der Waals surface area contributed by atoms with E-state index < -0.39 is 5.91 Å². The average Bonchev–Trinajstić information content (AvgIpc) is 3.29. The number of hydrogen-bond acceptors (Lipinski definition) is 9. The third-order valence-electron chi connectivity index (χ3n) is 3.06. The molecule has 3 aromatic rings. The first kappa shape index (κ1) is 15.8. The first-order valence-corrected chi connectivity index (χ1v) is 7.98. The largest absolute Gasteiger partial charge is 0.378 e. The molecule has 0 fully saturated rings. The van der Waals surface area contributed by atoms with Gasteiger partial charge in [-0.2, -0.15) is 9.78 Å². The molecule has 0 bridgehead atoms. The number of nitrogens with zero attached hydrogens (tertiary/aromatic N) is 6. The van der Waals surface area contributed by atoms with Crippen molar-refractivity contribution < 1.29 is 9.42 Å². The standard InChI is InChI=1S/C13H14N8O2S/c1-2-4-9-10(13(22)17-15-7-8-5-3-6-24-8)16-20-21(9)12-11(14)18-23-19-12/h3,5-7H,2,4H2,1H3,(H2,14,18)(H,17,22). The lowest BCUT2D eigenvalue weighted by atomic mass is 10.2. The van der Waals surface area contributed by atoms with Crippen LogP contribution in [0.2, 0.25) is 0 Å². The Morgan fingerprint density at radius 2 is 2.42 bits per heavy atom. The smallest absolute Gasteiger partial charge is 0.293 e. The van der Waals surface area contributed by atoms with Gasteiger partial charge >= 0.3 is 0 Å². The van der Waals surface area contributed by atoms with Gasteiger partial charge in [0.05, 0.1) is 11.9 Å². The highest BCUT2D eigenvalue weighted by atomic mass is 32.1. The van der Waals surface area contributed by atoms with Crippen LogP contribution in [-0.2, 0) is 6.42 Å². The van der Waals surface area contributed by atoms with E-state index in [0.717, 1.165) is 11.3 Å². The minimum Gasteiger partial charge on any atom is -0.378 e. The summed E-state index contributed by atoms with van der Waals surface area (Å²) in [4.78, 5) is 13.2. The summed E-state index contributed by atoms with van der Waals surface area (Å²) in [6.07, 6.45) is 2.89. The van der Waals surface area contributed by atoms with Gasteiger partial charge in [-0.15, -0.1) is 16.4 Å². The first-order chi connectivity index (χ1) is 11.7. The monoisotopic (exact) mass is 346 g/mol. The third-order valence-corrected chi connectivity index (χ3v) is 3.87. The van der Waals surface area contributed by atoms with Crippen LogP contribution in [0.25, 0.3) is 5.82 Å². The van der Waals surface area contributed by atoms with E-state index in [0.29, 0.717) is 12.1 Å². The predicted molar refractivity (Wildman–Crippen MR) is 87.0 cm³/mol. The van der Waals surface area contributed by atoms with Crippen LogP contribution < -0.4 is 11.2 Å². The molecule has 0 spiro atoms. The molecule has 0 saturated heterocycles. The van der Waals surface area contributed by atoms with Gasteiger partial charge in [0.2, 0.25) is 11.6 Å². The second-order valence-corrected chi connectivity index (χ2v) is 5.71. The average molecular weight is 346 g/mol. The van der Waals surface area contributed by atoms with Gasteiger partial charge in [0, 0.05) is 4.88 Å². The van der Waals surface area contributed by atoms with E-state index in [9.17, 15) is 4.79 Å². The Morgan fingerprint density at radius 1 is 1.54 bits per heavy atom. The molecule has 124 valence electrons. The van der Waals surface area contributed by atoms with E-state index in [2.05, 4.69) is 35.8 Å². The molecule has 0 aliphatic heterocycles. The number of rotatable bonds is 6. The minimum atomic E-state index is -0.465. The molecular formula is C13H14N8O2S. The lowest BCUT2D eigenvalue weighted by molar-refractivity contribution is 0.0949. The summed E-state index contributed by atoms with van der Waals surface area (Å²) in [5, 5.41) is 20.9. The van der Waals surface area contributed by atoms with Crippen LogP contribution in [0.3, 0.4) is 0 Å². The zero-order valence-electron chi connectivity index (χ0n) is 12.7. The summed E-state index contributed by atoms with van der Waals surface area (Å²) in [5.41, 5.74) is 8.83. The summed E-state index contributed by atoms with van der Waals surface area (Å²) in [7, 11) is 0. The van der Waals surface area contributed by atoms with E-state index in [1.807, 2.05) is 24.4 Å². The molecule has 0 unspecified atom stereocenters. The second kappa shape index (κ2) is 7.00. The fourth-order valence-electron chi connectivity index (χ4n) is 2.02. The molecule has 0 atom stereocenters. The normalized spacial score (nSPS) is 11.2. The van der Waals surface area contributed by atoms with Crippen molar-refractivity contribution in [1.82, 2.24) is 30.7 Å². The first-order valence-electron chi connectivity index (χ1n) is 7.10. The van der Waals surface area contributed by atoms with E-state index in [-0.39, 0.29) is 17.3 Å². The molecule has 0 aliphatic carbocycles. The van der Waals surface area contributed by atoms with Crippen molar-refractivity contribution in [2.24, 2.45) is 5.10 Å². The number of aromatic nitrogens is 5. The lowest BCUT2D eigenvalue weighted by Gasteiger charge is -2.03. The molecule has 1 amide bonds. The second-order valence-electron chi connectivity index (χ2n) is 4.73. The number of nitrogens with one attached hydrogen (secondary N) is 1. The minimum absolute atomic E-state index is 0.0694. The highest BCUT2D eigenvalue weighted by Crippen LogP contribution is 2.17.